The fourth-order valence-electron chi connectivity index (χ4n) is 3.05. The molecule has 17 heavy (non-hydrogen) atoms. The van der Waals surface area contributed by atoms with Gasteiger partial charge in [0, 0.05) is 31.6 Å². The number of carbonyl (C=O) groups is 1. The molecular weight excluding hydrogens is 224 g/mol. The third-order valence-corrected chi connectivity index (χ3v) is 3.92. The third-order valence-electron chi connectivity index (χ3n) is 3.92. The summed E-state index contributed by atoms with van der Waals surface area (Å²) in [7, 11) is 4.33. The number of aliphatic hydroxyl groups is 1. The van der Waals surface area contributed by atoms with Crippen LogP contribution in [0.1, 0.15) is 12.8 Å². The fourth-order valence-corrected chi connectivity index (χ4v) is 3.05. The molecule has 1 saturated carbocycles. The Kier molecular flexibility index (Phi) is 3.25. The highest BCUT2D eigenvalue weighted by Crippen LogP contribution is 2.49. The molecule has 3 atom stereocenters. The first-order valence-corrected chi connectivity index (χ1v) is 5.69. The van der Waals surface area contributed by atoms with Crippen LogP contribution < -0.4 is 0 Å². The second-order valence-corrected chi connectivity index (χ2v) is 4.48. The van der Waals surface area contributed by atoms with Crippen LogP contribution in [-0.2, 0) is 19.0 Å². The molecule has 0 aliphatic heterocycles. The minimum atomic E-state index is -1.12. The number of hydrogen-bond acceptors (Lipinski definition) is 5. The first kappa shape index (κ1) is 12.5. The molecule has 0 radical (unpaired) electrons. The second-order valence-electron chi connectivity index (χ2n) is 4.48. The topological polar surface area (TPSA) is 65.0 Å². The Labute approximate surface area is 100 Å². The normalized spacial score (nSPS) is 34.4. The van der Waals surface area contributed by atoms with E-state index in [9.17, 15) is 9.90 Å². The lowest BCUT2D eigenvalue weighted by atomic mass is 9.65. The van der Waals surface area contributed by atoms with Crippen LogP contribution in [0.5, 0.6) is 0 Å². The lowest BCUT2D eigenvalue weighted by Crippen LogP contribution is -2.61. The van der Waals surface area contributed by atoms with E-state index in [1.807, 2.05) is 0 Å². The Hall–Kier alpha value is -0.910. The predicted molar refractivity (Wildman–Crippen MR) is 59.1 cm³/mol. The smallest absolute Gasteiger partial charge is 0.333 e. The van der Waals surface area contributed by atoms with E-state index in [0.717, 1.165) is 12.8 Å². The maximum atomic E-state index is 11.7. The highest BCUT2D eigenvalue weighted by atomic mass is 16.7. The van der Waals surface area contributed by atoms with Crippen molar-refractivity contribution in [2.75, 3.05) is 21.3 Å². The minimum absolute atomic E-state index is 0.117. The Bertz CT molecular complexity index is 345. The largest absolute Gasteiger partial charge is 0.466 e. The molecule has 3 aliphatic carbocycles. The molecule has 96 valence electrons. The Morgan fingerprint density at radius 1 is 1.35 bits per heavy atom. The number of esters is 1. The van der Waals surface area contributed by atoms with Crippen molar-refractivity contribution in [3.8, 4) is 0 Å². The zero-order valence-corrected chi connectivity index (χ0v) is 10.3. The van der Waals surface area contributed by atoms with E-state index in [0.29, 0.717) is 5.57 Å². The van der Waals surface area contributed by atoms with Gasteiger partial charge in [-0.1, -0.05) is 6.08 Å². The van der Waals surface area contributed by atoms with Crippen LogP contribution in [0, 0.1) is 11.8 Å². The summed E-state index contributed by atoms with van der Waals surface area (Å²) in [5.74, 6) is -1.88. The van der Waals surface area contributed by atoms with Crippen LogP contribution >= 0.6 is 0 Å². The second kappa shape index (κ2) is 4.40. The van der Waals surface area contributed by atoms with Crippen LogP contribution in [0.2, 0.25) is 0 Å². The van der Waals surface area contributed by atoms with Gasteiger partial charge in [0.15, 0.2) is 0 Å². The summed E-state index contributed by atoms with van der Waals surface area (Å²) in [4.78, 5) is 11.7. The van der Waals surface area contributed by atoms with Crippen molar-refractivity contribution in [1.82, 2.24) is 0 Å². The van der Waals surface area contributed by atoms with Gasteiger partial charge in [-0.15, -0.1) is 0 Å². The molecule has 0 aromatic carbocycles. The van der Waals surface area contributed by atoms with E-state index >= 15 is 0 Å². The number of fused-ring (bicyclic) bond motifs is 2. The van der Waals surface area contributed by atoms with Crippen molar-refractivity contribution < 1.29 is 24.1 Å². The van der Waals surface area contributed by atoms with Crippen molar-refractivity contribution in [2.45, 2.75) is 24.7 Å². The average molecular weight is 242 g/mol. The standard InChI is InChI=1S/C12H18O5/c1-15-11(14)8-6-7-4-5-9(8)12(16-2,17-3)10(7)13/h6-7,9-10,13H,4-5H2,1-3H3/t7-,9+,10-/m0/s1. The molecule has 5 nitrogen and oxygen atoms in total. The molecule has 0 spiro atoms. The molecule has 1 fully saturated rings. The van der Waals surface area contributed by atoms with Gasteiger partial charge in [0.05, 0.1) is 7.11 Å². The van der Waals surface area contributed by atoms with Crippen molar-refractivity contribution in [3.05, 3.63) is 11.6 Å². The molecule has 2 bridgehead atoms. The highest BCUT2D eigenvalue weighted by Gasteiger charge is 2.57. The number of carbonyl (C=O) groups excluding carboxylic acids is 1. The van der Waals surface area contributed by atoms with E-state index in [-0.39, 0.29) is 17.8 Å². The quantitative estimate of drug-likeness (QED) is 0.576. The van der Waals surface area contributed by atoms with Gasteiger partial charge in [-0.05, 0) is 12.8 Å². The van der Waals surface area contributed by atoms with E-state index in [1.54, 1.807) is 6.08 Å². The molecule has 5 heteroatoms. The summed E-state index contributed by atoms with van der Waals surface area (Å²) in [6, 6.07) is 0. The molecular formula is C12H18O5. The van der Waals surface area contributed by atoms with Gasteiger partial charge < -0.3 is 19.3 Å². The highest BCUT2D eigenvalue weighted by molar-refractivity contribution is 5.89. The van der Waals surface area contributed by atoms with E-state index in [2.05, 4.69) is 0 Å². The lowest BCUT2D eigenvalue weighted by Gasteiger charge is -2.51. The number of hydrogen-bond donors (Lipinski definition) is 1. The Morgan fingerprint density at radius 3 is 2.53 bits per heavy atom. The zero-order valence-electron chi connectivity index (χ0n) is 10.3. The minimum Gasteiger partial charge on any atom is -0.466 e. The van der Waals surface area contributed by atoms with Gasteiger partial charge in [-0.3, -0.25) is 0 Å². The summed E-state index contributed by atoms with van der Waals surface area (Å²) < 4.78 is 15.5. The van der Waals surface area contributed by atoms with Crippen LogP contribution in [0.3, 0.4) is 0 Å². The lowest BCUT2D eigenvalue weighted by molar-refractivity contribution is -0.305. The molecule has 0 unspecified atom stereocenters. The van der Waals surface area contributed by atoms with Crippen molar-refractivity contribution in [2.24, 2.45) is 11.8 Å². The van der Waals surface area contributed by atoms with Crippen molar-refractivity contribution >= 4 is 5.97 Å². The van der Waals surface area contributed by atoms with E-state index < -0.39 is 11.9 Å². The predicted octanol–water partition coefficient (Wildman–Crippen LogP) is 0.476. The molecule has 0 amide bonds. The Balaban J connectivity index is 2.42. The fraction of sp³-hybridized carbons (Fsp3) is 0.750. The Morgan fingerprint density at radius 2 is 2.00 bits per heavy atom. The van der Waals surface area contributed by atoms with E-state index in [1.165, 1.54) is 21.3 Å². The van der Waals surface area contributed by atoms with Crippen LogP contribution in [0.15, 0.2) is 11.6 Å². The average Bonchev–Trinajstić information content (AvgIpc) is 2.39. The molecule has 0 aromatic rings. The van der Waals surface area contributed by atoms with Crippen LogP contribution in [0.25, 0.3) is 0 Å². The number of methoxy groups -OCH3 is 3. The van der Waals surface area contributed by atoms with Gasteiger partial charge in [0.2, 0.25) is 5.79 Å². The summed E-state index contributed by atoms with van der Waals surface area (Å²) in [6.07, 6.45) is 2.64. The molecule has 1 N–H and O–H groups in total. The maximum absolute atomic E-state index is 11.7. The van der Waals surface area contributed by atoms with Crippen LogP contribution in [-0.4, -0.2) is 44.3 Å². The first-order valence-electron chi connectivity index (χ1n) is 5.69. The summed E-state index contributed by atoms with van der Waals surface area (Å²) in [5.41, 5.74) is 0.553. The van der Waals surface area contributed by atoms with Gasteiger partial charge in [-0.25, -0.2) is 4.79 Å². The van der Waals surface area contributed by atoms with Gasteiger partial charge in [-0.2, -0.15) is 0 Å². The monoisotopic (exact) mass is 242 g/mol. The zero-order chi connectivity index (χ0) is 12.6. The summed E-state index contributed by atoms with van der Waals surface area (Å²) in [6.45, 7) is 0. The molecule has 0 saturated heterocycles. The molecule has 3 rings (SSSR count). The third kappa shape index (κ3) is 1.61. The SMILES string of the molecule is COC(=O)C1=C[C@@H]2CC[C@H]1C(OC)(OC)[C@H]2O. The molecule has 0 aromatic heterocycles. The molecule has 0 heterocycles. The maximum Gasteiger partial charge on any atom is 0.333 e. The summed E-state index contributed by atoms with van der Waals surface area (Å²) >= 11 is 0. The van der Waals surface area contributed by atoms with Crippen molar-refractivity contribution in [3.63, 3.8) is 0 Å². The van der Waals surface area contributed by atoms with Gasteiger partial charge >= 0.3 is 5.97 Å². The number of aliphatic hydroxyl groups excluding tert-OH is 1. The van der Waals surface area contributed by atoms with Crippen molar-refractivity contribution in [1.29, 1.82) is 0 Å². The number of ether oxygens (including phenoxy) is 3. The van der Waals surface area contributed by atoms with Gasteiger partial charge in [0.25, 0.3) is 0 Å². The summed E-state index contributed by atoms with van der Waals surface area (Å²) in [5, 5.41) is 10.2. The van der Waals surface area contributed by atoms with Gasteiger partial charge in [0.1, 0.15) is 6.10 Å². The molecule has 3 aliphatic rings. The van der Waals surface area contributed by atoms with Crippen LogP contribution in [0.4, 0.5) is 0 Å². The first-order chi connectivity index (χ1) is 8.10. The van der Waals surface area contributed by atoms with E-state index in [4.69, 9.17) is 14.2 Å². The number of rotatable bonds is 3.